The Morgan fingerprint density at radius 2 is 1.22 bits per heavy atom. The SMILES string of the molecule is C[C@H](CCCO)C1CC[C@H]2C3[C@H](NC(=O)[C@@H](N)CCCCN)CC4C[C@H](NC(=O)[C@@H](N)CCCCN)CC[C@]4(C)[C@H]3C[C@H](NC(=O)[C@@H](N)CCCCN)[C@]12C. The highest BCUT2D eigenvalue weighted by Crippen LogP contribution is 2.68. The molecule has 0 saturated heterocycles. The minimum Gasteiger partial charge on any atom is -0.396 e. The molecule has 0 aromatic rings. The monoisotopic (exact) mass is 776 g/mol. The number of nitrogens with one attached hydrogen (secondary N) is 3. The summed E-state index contributed by atoms with van der Waals surface area (Å²) >= 11 is 0. The lowest BCUT2D eigenvalue weighted by Crippen LogP contribution is -2.68. The van der Waals surface area contributed by atoms with Crippen LogP contribution in [0.3, 0.4) is 0 Å². The molecule has 16 N–H and O–H groups in total. The van der Waals surface area contributed by atoms with Gasteiger partial charge >= 0.3 is 0 Å². The van der Waals surface area contributed by atoms with Crippen molar-refractivity contribution in [2.45, 2.75) is 173 Å². The van der Waals surface area contributed by atoms with Crippen molar-refractivity contribution in [2.24, 2.45) is 80.7 Å². The number of unbranched alkanes of at least 4 members (excludes halogenated alkanes) is 3. The quantitative estimate of drug-likeness (QED) is 0.0716. The predicted molar refractivity (Wildman–Crippen MR) is 220 cm³/mol. The Kier molecular flexibility index (Phi) is 17.7. The molecule has 4 aliphatic rings. The fraction of sp³-hybridized carbons (Fsp3) is 0.929. The van der Waals surface area contributed by atoms with Crippen LogP contribution in [0.15, 0.2) is 0 Å². The number of rotatable bonds is 22. The molecule has 4 fully saturated rings. The second kappa shape index (κ2) is 21.2. The lowest BCUT2D eigenvalue weighted by molar-refractivity contribution is -0.154. The molecule has 4 rings (SSSR count). The Bertz CT molecular complexity index is 1230. The Labute approximate surface area is 332 Å². The van der Waals surface area contributed by atoms with Gasteiger partial charge in [-0.15, -0.1) is 0 Å². The van der Waals surface area contributed by atoms with Gasteiger partial charge in [0.05, 0.1) is 18.1 Å². The zero-order valence-electron chi connectivity index (χ0n) is 34.6. The normalized spacial score (nSPS) is 35.0. The van der Waals surface area contributed by atoms with Crippen molar-refractivity contribution in [3.8, 4) is 0 Å². The number of carbonyl (C=O) groups excluding carboxylic acids is 3. The number of aliphatic hydroxyl groups excluding tert-OH is 1. The fourth-order valence-corrected chi connectivity index (χ4v) is 12.1. The average Bonchev–Trinajstić information content (AvgIpc) is 3.52. The van der Waals surface area contributed by atoms with Crippen molar-refractivity contribution in [2.75, 3.05) is 26.2 Å². The van der Waals surface area contributed by atoms with E-state index in [0.29, 0.717) is 50.7 Å². The summed E-state index contributed by atoms with van der Waals surface area (Å²) in [5.74, 6) is 1.41. The smallest absolute Gasteiger partial charge is 0.237 e. The third kappa shape index (κ3) is 10.8. The summed E-state index contributed by atoms with van der Waals surface area (Å²) < 4.78 is 0. The summed E-state index contributed by atoms with van der Waals surface area (Å²) in [7, 11) is 0. The lowest BCUT2D eigenvalue weighted by Gasteiger charge is -2.65. The van der Waals surface area contributed by atoms with E-state index >= 15 is 0 Å². The summed E-state index contributed by atoms with van der Waals surface area (Å²) in [6.07, 6.45) is 14.8. The van der Waals surface area contributed by atoms with E-state index in [1.165, 1.54) is 0 Å². The summed E-state index contributed by atoms with van der Waals surface area (Å²) in [4.78, 5) is 41.1. The first kappa shape index (κ1) is 45.8. The largest absolute Gasteiger partial charge is 0.396 e. The second-order valence-corrected chi connectivity index (χ2v) is 18.7. The number of aliphatic hydroxyl groups is 1. The van der Waals surface area contributed by atoms with Gasteiger partial charge in [0.25, 0.3) is 0 Å². The molecule has 14 atom stereocenters. The van der Waals surface area contributed by atoms with Crippen LogP contribution in [0.4, 0.5) is 0 Å². The predicted octanol–water partition coefficient (Wildman–Crippen LogP) is 2.10. The van der Waals surface area contributed by atoms with Gasteiger partial charge in [-0.25, -0.2) is 0 Å². The van der Waals surface area contributed by atoms with Crippen LogP contribution < -0.4 is 50.4 Å². The van der Waals surface area contributed by atoms with Crippen LogP contribution in [0, 0.1) is 46.3 Å². The third-order valence-corrected chi connectivity index (χ3v) is 15.4. The number of carbonyl (C=O) groups is 3. The highest BCUT2D eigenvalue weighted by atomic mass is 16.3. The molecule has 0 aromatic carbocycles. The number of fused-ring (bicyclic) bond motifs is 5. The molecule has 4 aliphatic carbocycles. The zero-order valence-corrected chi connectivity index (χ0v) is 34.6. The second-order valence-electron chi connectivity index (χ2n) is 18.7. The van der Waals surface area contributed by atoms with E-state index in [2.05, 4.69) is 36.7 Å². The average molecular weight is 776 g/mol. The molecule has 0 spiro atoms. The van der Waals surface area contributed by atoms with E-state index in [4.69, 9.17) is 34.4 Å². The molecule has 0 heterocycles. The van der Waals surface area contributed by atoms with Crippen molar-refractivity contribution in [3.63, 3.8) is 0 Å². The van der Waals surface area contributed by atoms with Gasteiger partial charge in [-0.3, -0.25) is 14.4 Å². The molecule has 0 aromatic heterocycles. The lowest BCUT2D eigenvalue weighted by atomic mass is 9.42. The van der Waals surface area contributed by atoms with Crippen molar-refractivity contribution in [1.29, 1.82) is 0 Å². The Hall–Kier alpha value is -1.87. The molecule has 0 bridgehead atoms. The summed E-state index contributed by atoms with van der Waals surface area (Å²) in [5, 5.41) is 20.2. The van der Waals surface area contributed by atoms with Crippen LogP contribution in [0.2, 0.25) is 0 Å². The standard InChI is InChI=1S/C42H81N9O4/c1-26(11-10-22-52)29-15-16-30-37-31(25-36(42(29,30)3)51-40(55)34(48)14-6-9-21-45)41(2)18-17-28(49-38(53)32(46)12-4-7-19-43)23-27(41)24-35(37)50-39(54)33(47)13-5-8-20-44/h26-37,52H,4-25,43-48H2,1-3H3,(H,49,53)(H,50,54)(H,51,55)/t26-,27?,28-,29?,30+,31+,32+,33+,34+,35-,36+,37?,41+,42-/m1/s1. The maximum atomic E-state index is 13.9. The van der Waals surface area contributed by atoms with Crippen LogP contribution in [0.25, 0.3) is 0 Å². The van der Waals surface area contributed by atoms with Crippen molar-refractivity contribution < 1.29 is 19.5 Å². The first-order chi connectivity index (χ1) is 26.3. The molecule has 3 amide bonds. The summed E-state index contributed by atoms with van der Waals surface area (Å²) in [6.45, 7) is 9.07. The Morgan fingerprint density at radius 3 is 1.76 bits per heavy atom. The van der Waals surface area contributed by atoms with Gasteiger partial charge in [0.2, 0.25) is 17.7 Å². The number of hydrogen-bond acceptors (Lipinski definition) is 10. The molecule has 13 nitrogen and oxygen atoms in total. The molecule has 0 radical (unpaired) electrons. The topological polar surface area (TPSA) is 264 Å². The van der Waals surface area contributed by atoms with E-state index in [9.17, 15) is 19.5 Å². The van der Waals surface area contributed by atoms with Crippen LogP contribution in [0.1, 0.15) is 136 Å². The molecule has 0 aliphatic heterocycles. The minimum absolute atomic E-state index is 0.0108. The van der Waals surface area contributed by atoms with Crippen LogP contribution >= 0.6 is 0 Å². The van der Waals surface area contributed by atoms with E-state index in [1.807, 2.05) is 0 Å². The van der Waals surface area contributed by atoms with E-state index in [0.717, 1.165) is 96.3 Å². The Balaban J connectivity index is 1.68. The van der Waals surface area contributed by atoms with Crippen molar-refractivity contribution in [3.05, 3.63) is 0 Å². The van der Waals surface area contributed by atoms with Gasteiger partial charge in [0, 0.05) is 24.7 Å². The van der Waals surface area contributed by atoms with E-state index in [1.54, 1.807) is 0 Å². The molecule has 55 heavy (non-hydrogen) atoms. The molecule has 13 heteroatoms. The first-order valence-electron chi connectivity index (χ1n) is 22.2. The zero-order chi connectivity index (χ0) is 40.3. The number of nitrogens with two attached hydrogens (primary N) is 6. The minimum atomic E-state index is -0.602. The molecular formula is C42H81N9O4. The highest BCUT2D eigenvalue weighted by molar-refractivity contribution is 5.82. The molecule has 318 valence electrons. The van der Waals surface area contributed by atoms with Gasteiger partial charge < -0.3 is 55.5 Å². The number of amides is 3. The van der Waals surface area contributed by atoms with Gasteiger partial charge in [0.1, 0.15) is 0 Å². The summed E-state index contributed by atoms with van der Waals surface area (Å²) in [6, 6.07) is -1.89. The Morgan fingerprint density at radius 1 is 0.673 bits per heavy atom. The maximum Gasteiger partial charge on any atom is 0.237 e. The van der Waals surface area contributed by atoms with Crippen LogP contribution in [-0.2, 0) is 14.4 Å². The molecule has 4 saturated carbocycles. The van der Waals surface area contributed by atoms with Gasteiger partial charge in [-0.1, -0.05) is 40.0 Å². The third-order valence-electron chi connectivity index (χ3n) is 15.4. The fourth-order valence-electron chi connectivity index (χ4n) is 12.1. The molecular weight excluding hydrogens is 695 g/mol. The van der Waals surface area contributed by atoms with E-state index < -0.39 is 18.1 Å². The van der Waals surface area contributed by atoms with Crippen molar-refractivity contribution in [1.82, 2.24) is 16.0 Å². The first-order valence-corrected chi connectivity index (χ1v) is 22.2. The van der Waals surface area contributed by atoms with Gasteiger partial charge in [0.15, 0.2) is 0 Å². The highest BCUT2D eigenvalue weighted by Gasteiger charge is 2.66. The van der Waals surface area contributed by atoms with E-state index in [-0.39, 0.29) is 77.0 Å². The van der Waals surface area contributed by atoms with Gasteiger partial charge in [-0.05, 0) is 162 Å². The van der Waals surface area contributed by atoms with Crippen molar-refractivity contribution >= 4 is 17.7 Å². The van der Waals surface area contributed by atoms with Gasteiger partial charge in [-0.2, -0.15) is 0 Å². The van der Waals surface area contributed by atoms with Crippen LogP contribution in [-0.4, -0.2) is 85.3 Å². The summed E-state index contributed by atoms with van der Waals surface area (Å²) in [5.41, 5.74) is 36.3. The number of hydrogen-bond donors (Lipinski definition) is 10. The van der Waals surface area contributed by atoms with Crippen LogP contribution in [0.5, 0.6) is 0 Å². The molecule has 3 unspecified atom stereocenters. The maximum absolute atomic E-state index is 13.9.